The van der Waals surface area contributed by atoms with Crippen molar-refractivity contribution in [1.82, 2.24) is 15.2 Å². The molecule has 0 fully saturated rings. The molecular weight excluding hydrogens is 219 g/mol. The normalized spacial score (nSPS) is 10.4. The predicted octanol–water partition coefficient (Wildman–Crippen LogP) is 2.34. The highest BCUT2D eigenvalue weighted by Gasteiger charge is 2.11. The Morgan fingerprint density at radius 2 is 1.88 bits per heavy atom. The van der Waals surface area contributed by atoms with Crippen molar-refractivity contribution in [1.29, 1.82) is 0 Å². The maximum atomic E-state index is 13.1. The van der Waals surface area contributed by atoms with Crippen molar-refractivity contribution in [3.63, 3.8) is 0 Å². The second kappa shape index (κ2) is 4.45. The zero-order valence-electron chi connectivity index (χ0n) is 9.95. The van der Waals surface area contributed by atoms with Gasteiger partial charge in [-0.3, -0.25) is 4.98 Å². The third-order valence-electron chi connectivity index (χ3n) is 2.74. The first kappa shape index (κ1) is 11.4. The zero-order valence-corrected chi connectivity index (χ0v) is 9.95. The van der Waals surface area contributed by atoms with E-state index in [2.05, 4.69) is 20.5 Å². The average molecular weight is 232 g/mol. The molecule has 0 spiro atoms. The smallest absolute Gasteiger partial charge is 0.151 e. The highest BCUT2D eigenvalue weighted by Crippen LogP contribution is 2.25. The van der Waals surface area contributed by atoms with Crippen LogP contribution in [0.4, 0.5) is 10.2 Å². The largest absolute Gasteiger partial charge is 0.371 e. The van der Waals surface area contributed by atoms with Crippen molar-refractivity contribution in [3.8, 4) is 11.3 Å². The first-order valence-electron chi connectivity index (χ1n) is 5.26. The molecule has 0 saturated heterocycles. The summed E-state index contributed by atoms with van der Waals surface area (Å²) < 4.78 is 13.1. The Kier molecular flexibility index (Phi) is 2.99. The number of nitrogens with zero attached hydrogens (tertiary/aromatic N) is 3. The molecule has 1 N–H and O–H groups in total. The van der Waals surface area contributed by atoms with Crippen LogP contribution >= 0.6 is 0 Å². The van der Waals surface area contributed by atoms with Gasteiger partial charge in [-0.25, -0.2) is 4.39 Å². The van der Waals surface area contributed by atoms with Crippen molar-refractivity contribution >= 4 is 5.82 Å². The quantitative estimate of drug-likeness (QED) is 0.863. The number of pyridine rings is 1. The lowest BCUT2D eigenvalue weighted by molar-refractivity contribution is 0.622. The van der Waals surface area contributed by atoms with Crippen molar-refractivity contribution in [2.75, 3.05) is 12.4 Å². The van der Waals surface area contributed by atoms with E-state index in [1.165, 1.54) is 12.3 Å². The van der Waals surface area contributed by atoms with Gasteiger partial charge in [0, 0.05) is 18.8 Å². The number of halogens is 1. The van der Waals surface area contributed by atoms with Gasteiger partial charge in [0.25, 0.3) is 0 Å². The van der Waals surface area contributed by atoms with Crippen LogP contribution in [-0.4, -0.2) is 22.2 Å². The first-order chi connectivity index (χ1) is 8.13. The van der Waals surface area contributed by atoms with Crippen LogP contribution in [0.2, 0.25) is 0 Å². The average Bonchev–Trinajstić information content (AvgIpc) is 2.32. The molecule has 5 heteroatoms. The highest BCUT2D eigenvalue weighted by molar-refractivity contribution is 5.65. The fourth-order valence-electron chi connectivity index (χ4n) is 1.66. The number of aromatic nitrogens is 3. The Labute approximate surface area is 98.9 Å². The van der Waals surface area contributed by atoms with Crippen LogP contribution in [-0.2, 0) is 0 Å². The zero-order chi connectivity index (χ0) is 12.4. The minimum atomic E-state index is -0.376. The summed E-state index contributed by atoms with van der Waals surface area (Å²) >= 11 is 0. The van der Waals surface area contributed by atoms with Gasteiger partial charge in [0.2, 0.25) is 0 Å². The summed E-state index contributed by atoms with van der Waals surface area (Å²) in [4.78, 5) is 3.82. The van der Waals surface area contributed by atoms with E-state index in [4.69, 9.17) is 0 Å². The lowest BCUT2D eigenvalue weighted by atomic mass is 10.1. The van der Waals surface area contributed by atoms with E-state index in [1.54, 1.807) is 13.2 Å². The van der Waals surface area contributed by atoms with Crippen molar-refractivity contribution < 1.29 is 4.39 Å². The molecule has 0 saturated carbocycles. The molecular formula is C12H13FN4. The number of hydrogen-bond donors (Lipinski definition) is 1. The molecule has 17 heavy (non-hydrogen) atoms. The fourth-order valence-corrected chi connectivity index (χ4v) is 1.66. The summed E-state index contributed by atoms with van der Waals surface area (Å²) in [6.45, 7) is 3.89. The van der Waals surface area contributed by atoms with E-state index in [9.17, 15) is 4.39 Å². The number of rotatable bonds is 2. The summed E-state index contributed by atoms with van der Waals surface area (Å²) in [7, 11) is 1.79. The van der Waals surface area contributed by atoms with E-state index in [0.717, 1.165) is 16.9 Å². The fraction of sp³-hybridized carbons (Fsp3) is 0.250. The lowest BCUT2D eigenvalue weighted by Gasteiger charge is -2.10. The van der Waals surface area contributed by atoms with Crippen LogP contribution in [0, 0.1) is 19.7 Å². The molecule has 0 aliphatic heterocycles. The van der Waals surface area contributed by atoms with Gasteiger partial charge in [0.15, 0.2) is 5.82 Å². The van der Waals surface area contributed by atoms with Crippen molar-refractivity contribution in [2.45, 2.75) is 13.8 Å². The summed E-state index contributed by atoms with van der Waals surface area (Å²) in [5.74, 6) is 0.356. The minimum absolute atomic E-state index is 0.376. The molecule has 0 aliphatic rings. The molecule has 0 atom stereocenters. The first-order valence-corrected chi connectivity index (χ1v) is 5.26. The highest BCUT2D eigenvalue weighted by atomic mass is 19.1. The minimum Gasteiger partial charge on any atom is -0.371 e. The third-order valence-corrected chi connectivity index (χ3v) is 2.74. The van der Waals surface area contributed by atoms with Crippen LogP contribution in [0.15, 0.2) is 18.5 Å². The lowest BCUT2D eigenvalue weighted by Crippen LogP contribution is -2.02. The van der Waals surface area contributed by atoms with Gasteiger partial charge in [-0.05, 0) is 31.0 Å². The molecule has 4 nitrogen and oxygen atoms in total. The predicted molar refractivity (Wildman–Crippen MR) is 64.2 cm³/mol. The molecule has 0 aromatic carbocycles. The summed E-state index contributed by atoms with van der Waals surface area (Å²) in [5, 5.41) is 11.1. The van der Waals surface area contributed by atoms with Crippen LogP contribution in [0.3, 0.4) is 0 Å². The molecule has 2 heterocycles. The van der Waals surface area contributed by atoms with E-state index in [0.29, 0.717) is 11.3 Å². The Balaban J connectivity index is 2.57. The maximum Gasteiger partial charge on any atom is 0.151 e. The second-order valence-electron chi connectivity index (χ2n) is 3.79. The summed E-state index contributed by atoms with van der Waals surface area (Å²) in [6, 6.07) is 1.41. The Morgan fingerprint density at radius 3 is 2.53 bits per heavy atom. The van der Waals surface area contributed by atoms with Crippen LogP contribution in [0.25, 0.3) is 11.3 Å². The van der Waals surface area contributed by atoms with E-state index >= 15 is 0 Å². The van der Waals surface area contributed by atoms with Gasteiger partial charge in [-0.15, -0.1) is 10.2 Å². The molecule has 2 rings (SSSR count). The molecule has 2 aromatic heterocycles. The number of nitrogens with one attached hydrogen (secondary N) is 1. The van der Waals surface area contributed by atoms with Gasteiger partial charge in [-0.1, -0.05) is 0 Å². The third kappa shape index (κ3) is 2.08. The van der Waals surface area contributed by atoms with E-state index in [-0.39, 0.29) is 5.82 Å². The molecule has 0 bridgehead atoms. The van der Waals surface area contributed by atoms with Crippen molar-refractivity contribution in [2.24, 2.45) is 0 Å². The molecule has 0 amide bonds. The van der Waals surface area contributed by atoms with E-state index < -0.39 is 0 Å². The number of anilines is 1. The van der Waals surface area contributed by atoms with Gasteiger partial charge in [0.1, 0.15) is 5.82 Å². The topological polar surface area (TPSA) is 50.7 Å². The van der Waals surface area contributed by atoms with E-state index in [1.807, 2.05) is 13.8 Å². The monoisotopic (exact) mass is 232 g/mol. The summed E-state index contributed by atoms with van der Waals surface area (Å²) in [6.07, 6.45) is 2.75. The van der Waals surface area contributed by atoms with Gasteiger partial charge in [-0.2, -0.15) is 0 Å². The van der Waals surface area contributed by atoms with Crippen LogP contribution in [0.5, 0.6) is 0 Å². The molecule has 0 radical (unpaired) electrons. The second-order valence-corrected chi connectivity index (χ2v) is 3.79. The Hall–Kier alpha value is -2.04. The number of hydrogen-bond acceptors (Lipinski definition) is 4. The molecule has 88 valence electrons. The Bertz CT molecular complexity index is 554. The molecule has 0 aliphatic carbocycles. The molecule has 0 unspecified atom stereocenters. The van der Waals surface area contributed by atoms with Gasteiger partial charge < -0.3 is 5.32 Å². The van der Waals surface area contributed by atoms with Gasteiger partial charge in [0.05, 0.1) is 11.9 Å². The van der Waals surface area contributed by atoms with Gasteiger partial charge >= 0.3 is 0 Å². The SMILES string of the molecule is CNc1nnc(-c2cncc(F)c2)c(C)c1C. The van der Waals surface area contributed by atoms with Crippen LogP contribution in [0.1, 0.15) is 11.1 Å². The maximum absolute atomic E-state index is 13.1. The standard InChI is InChI=1S/C12H13FN4/c1-7-8(2)12(14-3)17-16-11(7)9-4-10(13)6-15-5-9/h4-6H,1-3H3,(H,14,17). The van der Waals surface area contributed by atoms with Crippen LogP contribution < -0.4 is 5.32 Å². The molecule has 2 aromatic rings. The Morgan fingerprint density at radius 1 is 1.12 bits per heavy atom. The summed E-state index contributed by atoms with van der Waals surface area (Å²) in [5.41, 5.74) is 3.27. The van der Waals surface area contributed by atoms with Crippen molar-refractivity contribution in [3.05, 3.63) is 35.4 Å².